The van der Waals surface area contributed by atoms with Gasteiger partial charge in [0, 0.05) is 32.2 Å². The minimum Gasteiger partial charge on any atom is -0.368 e. The van der Waals surface area contributed by atoms with Gasteiger partial charge in [-0.25, -0.2) is 0 Å². The van der Waals surface area contributed by atoms with Crippen LogP contribution in [0, 0.1) is 6.92 Å². The number of aryl methyl sites for hydroxylation is 1. The molecule has 0 atom stereocenters. The van der Waals surface area contributed by atoms with Crippen LogP contribution in [0.25, 0.3) is 5.69 Å². The molecule has 0 radical (unpaired) electrons. The average molecular weight is 270 g/mol. The van der Waals surface area contributed by atoms with Crippen molar-refractivity contribution in [1.29, 1.82) is 0 Å². The fourth-order valence-corrected chi connectivity index (χ4v) is 2.48. The normalized spacial score (nSPS) is 15.3. The van der Waals surface area contributed by atoms with Crippen LogP contribution < -0.4 is 15.8 Å². The van der Waals surface area contributed by atoms with Crippen LogP contribution in [0.5, 0.6) is 0 Å². The summed E-state index contributed by atoms with van der Waals surface area (Å²) < 4.78 is 1.46. The standard InChI is InChI=1S/C15H18N4O/c1-12-4-2-3-5-14(12)19-15(20)10-13(11-17-19)18-8-6-16-7-9-18/h2-5,10-11,16H,6-9H2,1H3. The van der Waals surface area contributed by atoms with Gasteiger partial charge < -0.3 is 10.2 Å². The lowest BCUT2D eigenvalue weighted by molar-refractivity contribution is 0.587. The highest BCUT2D eigenvalue weighted by molar-refractivity contribution is 5.45. The second kappa shape index (κ2) is 5.46. The first-order valence-corrected chi connectivity index (χ1v) is 6.87. The van der Waals surface area contributed by atoms with E-state index in [9.17, 15) is 4.79 Å². The molecular formula is C15H18N4O. The van der Waals surface area contributed by atoms with Gasteiger partial charge in [0.2, 0.25) is 0 Å². The van der Waals surface area contributed by atoms with Gasteiger partial charge >= 0.3 is 0 Å². The fraction of sp³-hybridized carbons (Fsp3) is 0.333. The molecule has 2 heterocycles. The van der Waals surface area contributed by atoms with Gasteiger partial charge in [0.05, 0.1) is 17.6 Å². The molecule has 5 heteroatoms. The Hall–Kier alpha value is -2.14. The minimum atomic E-state index is -0.0877. The van der Waals surface area contributed by atoms with Crippen molar-refractivity contribution in [2.75, 3.05) is 31.1 Å². The molecule has 1 N–H and O–H groups in total. The number of nitrogens with zero attached hydrogens (tertiary/aromatic N) is 3. The molecule has 1 aliphatic heterocycles. The molecule has 3 rings (SSSR count). The monoisotopic (exact) mass is 270 g/mol. The van der Waals surface area contributed by atoms with E-state index in [0.29, 0.717) is 0 Å². The number of anilines is 1. The van der Waals surface area contributed by atoms with Crippen molar-refractivity contribution in [2.45, 2.75) is 6.92 Å². The number of benzene rings is 1. The van der Waals surface area contributed by atoms with E-state index in [1.54, 1.807) is 12.3 Å². The number of hydrogen-bond donors (Lipinski definition) is 1. The van der Waals surface area contributed by atoms with Crippen LogP contribution in [0.3, 0.4) is 0 Å². The Morgan fingerprint density at radius 1 is 1.20 bits per heavy atom. The Labute approximate surface area is 117 Å². The first kappa shape index (κ1) is 12.9. The molecule has 1 saturated heterocycles. The molecule has 0 unspecified atom stereocenters. The van der Waals surface area contributed by atoms with Crippen molar-refractivity contribution >= 4 is 5.69 Å². The highest BCUT2D eigenvalue weighted by atomic mass is 16.1. The lowest BCUT2D eigenvalue weighted by Gasteiger charge is -2.29. The molecule has 1 aliphatic rings. The zero-order valence-corrected chi connectivity index (χ0v) is 11.5. The van der Waals surface area contributed by atoms with Crippen LogP contribution in [0.15, 0.2) is 41.3 Å². The van der Waals surface area contributed by atoms with E-state index >= 15 is 0 Å². The molecule has 2 aromatic rings. The highest BCUT2D eigenvalue weighted by Gasteiger charge is 2.12. The van der Waals surface area contributed by atoms with Gasteiger partial charge in [0.25, 0.3) is 5.56 Å². The Bertz CT molecular complexity index is 659. The second-order valence-corrected chi connectivity index (χ2v) is 4.99. The Kier molecular flexibility index (Phi) is 3.52. The third kappa shape index (κ3) is 2.44. The van der Waals surface area contributed by atoms with Gasteiger partial charge in [0.1, 0.15) is 0 Å². The lowest BCUT2D eigenvalue weighted by atomic mass is 10.2. The van der Waals surface area contributed by atoms with E-state index in [4.69, 9.17) is 0 Å². The van der Waals surface area contributed by atoms with E-state index in [0.717, 1.165) is 43.1 Å². The summed E-state index contributed by atoms with van der Waals surface area (Å²) in [5.41, 5.74) is 2.69. The summed E-state index contributed by atoms with van der Waals surface area (Å²) in [5, 5.41) is 7.62. The molecule has 1 aromatic heterocycles. The SMILES string of the molecule is Cc1ccccc1-n1ncc(N2CCNCC2)cc1=O. The maximum absolute atomic E-state index is 12.3. The van der Waals surface area contributed by atoms with Crippen LogP contribution in [0.2, 0.25) is 0 Å². The smallest absolute Gasteiger partial charge is 0.273 e. The summed E-state index contributed by atoms with van der Waals surface area (Å²) in [6, 6.07) is 9.44. The van der Waals surface area contributed by atoms with E-state index in [1.165, 1.54) is 4.68 Å². The first-order chi connectivity index (χ1) is 9.75. The van der Waals surface area contributed by atoms with Crippen molar-refractivity contribution in [3.8, 4) is 5.69 Å². The van der Waals surface area contributed by atoms with Crippen molar-refractivity contribution < 1.29 is 0 Å². The Balaban J connectivity index is 1.96. The molecule has 1 aromatic carbocycles. The molecule has 0 amide bonds. The van der Waals surface area contributed by atoms with Crippen molar-refractivity contribution in [2.24, 2.45) is 0 Å². The van der Waals surface area contributed by atoms with Gasteiger partial charge in [0.15, 0.2) is 0 Å². The summed E-state index contributed by atoms with van der Waals surface area (Å²) in [6.07, 6.45) is 1.78. The molecule has 20 heavy (non-hydrogen) atoms. The predicted molar refractivity (Wildman–Crippen MR) is 79.7 cm³/mol. The van der Waals surface area contributed by atoms with Crippen molar-refractivity contribution in [3.05, 3.63) is 52.4 Å². The summed E-state index contributed by atoms with van der Waals surface area (Å²) in [7, 11) is 0. The van der Waals surface area contributed by atoms with Gasteiger partial charge in [-0.15, -0.1) is 0 Å². The predicted octanol–water partition coefficient (Wildman–Crippen LogP) is 0.951. The fourth-order valence-electron chi connectivity index (χ4n) is 2.48. The van der Waals surface area contributed by atoms with E-state index < -0.39 is 0 Å². The van der Waals surface area contributed by atoms with Crippen LogP contribution >= 0.6 is 0 Å². The zero-order chi connectivity index (χ0) is 13.9. The topological polar surface area (TPSA) is 50.2 Å². The second-order valence-electron chi connectivity index (χ2n) is 4.99. The molecule has 5 nitrogen and oxygen atoms in total. The largest absolute Gasteiger partial charge is 0.368 e. The number of para-hydroxylation sites is 1. The maximum atomic E-state index is 12.3. The Morgan fingerprint density at radius 3 is 2.65 bits per heavy atom. The minimum absolute atomic E-state index is 0.0877. The first-order valence-electron chi connectivity index (χ1n) is 6.87. The van der Waals surface area contributed by atoms with Crippen LogP contribution in [0.1, 0.15) is 5.56 Å². The van der Waals surface area contributed by atoms with E-state index in [1.807, 2.05) is 31.2 Å². The van der Waals surface area contributed by atoms with Crippen LogP contribution in [-0.2, 0) is 0 Å². The lowest BCUT2D eigenvalue weighted by Crippen LogP contribution is -2.44. The van der Waals surface area contributed by atoms with Crippen LogP contribution in [-0.4, -0.2) is 36.0 Å². The average Bonchev–Trinajstić information content (AvgIpc) is 2.49. The highest BCUT2D eigenvalue weighted by Crippen LogP contribution is 2.13. The van der Waals surface area contributed by atoms with Gasteiger partial charge in [-0.05, 0) is 18.6 Å². The maximum Gasteiger partial charge on any atom is 0.273 e. The molecular weight excluding hydrogens is 252 g/mol. The van der Waals surface area contributed by atoms with Crippen molar-refractivity contribution in [3.63, 3.8) is 0 Å². The zero-order valence-electron chi connectivity index (χ0n) is 11.5. The molecule has 1 fully saturated rings. The third-order valence-electron chi connectivity index (χ3n) is 3.61. The quantitative estimate of drug-likeness (QED) is 0.883. The summed E-state index contributed by atoms with van der Waals surface area (Å²) >= 11 is 0. The van der Waals surface area contributed by atoms with E-state index in [-0.39, 0.29) is 5.56 Å². The summed E-state index contributed by atoms with van der Waals surface area (Å²) in [5.74, 6) is 0. The molecule has 0 saturated carbocycles. The Morgan fingerprint density at radius 2 is 1.95 bits per heavy atom. The van der Waals surface area contributed by atoms with Crippen LogP contribution in [0.4, 0.5) is 5.69 Å². The summed E-state index contributed by atoms with van der Waals surface area (Å²) in [6.45, 7) is 5.69. The number of nitrogens with one attached hydrogen (secondary N) is 1. The number of hydrogen-bond acceptors (Lipinski definition) is 4. The van der Waals surface area contributed by atoms with Gasteiger partial charge in [-0.2, -0.15) is 9.78 Å². The van der Waals surface area contributed by atoms with Crippen molar-refractivity contribution in [1.82, 2.24) is 15.1 Å². The molecule has 104 valence electrons. The molecule has 0 aliphatic carbocycles. The third-order valence-corrected chi connectivity index (χ3v) is 3.61. The number of piperazine rings is 1. The number of rotatable bonds is 2. The summed E-state index contributed by atoms with van der Waals surface area (Å²) in [4.78, 5) is 14.5. The van der Waals surface area contributed by atoms with E-state index in [2.05, 4.69) is 15.3 Å². The molecule has 0 spiro atoms. The van der Waals surface area contributed by atoms with Gasteiger partial charge in [-0.1, -0.05) is 18.2 Å². The molecule has 0 bridgehead atoms. The number of aromatic nitrogens is 2. The van der Waals surface area contributed by atoms with Gasteiger partial charge in [-0.3, -0.25) is 4.79 Å².